The van der Waals surface area contributed by atoms with Gasteiger partial charge in [-0.15, -0.1) is 10.2 Å². The van der Waals surface area contributed by atoms with Crippen LogP contribution < -0.4 is 5.56 Å². The predicted molar refractivity (Wildman–Crippen MR) is 71.6 cm³/mol. The van der Waals surface area contributed by atoms with Crippen molar-refractivity contribution in [3.63, 3.8) is 0 Å². The molecule has 0 bridgehead atoms. The summed E-state index contributed by atoms with van der Waals surface area (Å²) in [5.41, 5.74) is 0.535. The Morgan fingerprint density at radius 2 is 2.21 bits per heavy atom. The average Bonchev–Trinajstić information content (AvgIpc) is 2.78. The molecule has 3 aromatic rings. The van der Waals surface area contributed by atoms with Crippen LogP contribution in [0, 0.1) is 0 Å². The van der Waals surface area contributed by atoms with Crippen LogP contribution in [-0.4, -0.2) is 29.8 Å². The lowest BCUT2D eigenvalue weighted by atomic mass is 10.2. The molecule has 0 aliphatic heterocycles. The van der Waals surface area contributed by atoms with Crippen molar-refractivity contribution in [1.29, 1.82) is 0 Å². The molecular formula is C11H9BrN6O. The first-order valence-electron chi connectivity index (χ1n) is 5.51. The van der Waals surface area contributed by atoms with E-state index in [1.54, 1.807) is 13.1 Å². The van der Waals surface area contributed by atoms with Gasteiger partial charge < -0.3 is 0 Å². The van der Waals surface area contributed by atoms with Crippen LogP contribution in [0.3, 0.4) is 0 Å². The van der Waals surface area contributed by atoms with Crippen molar-refractivity contribution < 1.29 is 0 Å². The van der Waals surface area contributed by atoms with Gasteiger partial charge in [0, 0.05) is 4.47 Å². The van der Waals surface area contributed by atoms with Gasteiger partial charge in [0.15, 0.2) is 5.82 Å². The largest absolute Gasteiger partial charge is 0.291 e. The fraction of sp³-hybridized carbons (Fsp3) is 0.182. The zero-order valence-corrected chi connectivity index (χ0v) is 11.6. The van der Waals surface area contributed by atoms with Gasteiger partial charge in [-0.05, 0) is 23.4 Å². The quantitative estimate of drug-likeness (QED) is 0.695. The summed E-state index contributed by atoms with van der Waals surface area (Å²) in [5, 5.41) is 12.2. The number of nitrogens with zero attached hydrogens (tertiary/aromatic N) is 6. The molecule has 0 aliphatic carbocycles. The lowest BCUT2D eigenvalue weighted by Gasteiger charge is -2.03. The van der Waals surface area contributed by atoms with Crippen LogP contribution in [-0.2, 0) is 13.6 Å². The first-order chi connectivity index (χ1) is 9.13. The second kappa shape index (κ2) is 4.54. The SMILES string of the molecule is Cn1nnc(Cn2cnc3cc(Br)ccc3c2=O)n1. The van der Waals surface area contributed by atoms with Crippen molar-refractivity contribution >= 4 is 26.8 Å². The van der Waals surface area contributed by atoms with Crippen LogP contribution in [0.25, 0.3) is 10.9 Å². The molecule has 0 aliphatic rings. The highest BCUT2D eigenvalue weighted by Gasteiger charge is 2.07. The van der Waals surface area contributed by atoms with Crippen molar-refractivity contribution in [1.82, 2.24) is 29.8 Å². The Bertz CT molecular complexity index is 808. The van der Waals surface area contributed by atoms with E-state index < -0.39 is 0 Å². The highest BCUT2D eigenvalue weighted by atomic mass is 79.9. The Kier molecular flexibility index (Phi) is 2.86. The number of aryl methyl sites for hydroxylation is 1. The van der Waals surface area contributed by atoms with Crippen molar-refractivity contribution in [2.45, 2.75) is 6.54 Å². The van der Waals surface area contributed by atoms with E-state index in [1.807, 2.05) is 12.1 Å². The molecule has 1 aromatic carbocycles. The maximum absolute atomic E-state index is 12.3. The monoisotopic (exact) mass is 320 g/mol. The lowest BCUT2D eigenvalue weighted by Crippen LogP contribution is -2.21. The van der Waals surface area contributed by atoms with Gasteiger partial charge in [-0.3, -0.25) is 9.36 Å². The van der Waals surface area contributed by atoms with Gasteiger partial charge in [0.05, 0.1) is 30.8 Å². The topological polar surface area (TPSA) is 78.5 Å². The second-order valence-electron chi connectivity index (χ2n) is 4.03. The van der Waals surface area contributed by atoms with Gasteiger partial charge in [0.25, 0.3) is 5.56 Å². The summed E-state index contributed by atoms with van der Waals surface area (Å²) >= 11 is 3.35. The maximum atomic E-state index is 12.3. The summed E-state index contributed by atoms with van der Waals surface area (Å²) < 4.78 is 2.35. The molecule has 0 radical (unpaired) electrons. The molecule has 8 heteroatoms. The van der Waals surface area contributed by atoms with Crippen LogP contribution in [0.4, 0.5) is 0 Å². The summed E-state index contributed by atoms with van der Waals surface area (Å²) in [6.07, 6.45) is 1.49. The first-order valence-corrected chi connectivity index (χ1v) is 6.30. The lowest BCUT2D eigenvalue weighted by molar-refractivity contribution is 0.623. The smallest absolute Gasteiger partial charge is 0.261 e. The Morgan fingerprint density at radius 1 is 1.37 bits per heavy atom. The minimum absolute atomic E-state index is 0.120. The summed E-state index contributed by atoms with van der Waals surface area (Å²) in [6, 6.07) is 5.37. The summed E-state index contributed by atoms with van der Waals surface area (Å²) in [7, 11) is 1.68. The molecule has 0 amide bonds. The Balaban J connectivity index is 2.08. The highest BCUT2D eigenvalue weighted by Crippen LogP contribution is 2.14. The highest BCUT2D eigenvalue weighted by molar-refractivity contribution is 9.10. The molecule has 0 N–H and O–H groups in total. The molecule has 2 heterocycles. The molecule has 0 saturated heterocycles. The first kappa shape index (κ1) is 12.0. The Labute approximate surface area is 116 Å². The van der Waals surface area contributed by atoms with Crippen molar-refractivity contribution in [2.75, 3.05) is 0 Å². The van der Waals surface area contributed by atoms with Crippen molar-refractivity contribution in [2.24, 2.45) is 7.05 Å². The third kappa shape index (κ3) is 2.26. The average molecular weight is 321 g/mol. The number of rotatable bonds is 2. The third-order valence-corrected chi connectivity index (χ3v) is 3.14. The predicted octanol–water partition coefficient (Wildman–Crippen LogP) is 0.731. The van der Waals surface area contributed by atoms with Crippen LogP contribution >= 0.6 is 15.9 Å². The van der Waals surface area contributed by atoms with Crippen LogP contribution in [0.2, 0.25) is 0 Å². The standard InChI is InChI=1S/C11H9BrN6O/c1-17-15-10(14-16-17)5-18-6-13-9-4-7(12)2-3-8(9)11(18)19/h2-4,6H,5H2,1H3. The van der Waals surface area contributed by atoms with E-state index in [9.17, 15) is 4.79 Å². The number of aromatic nitrogens is 6. The van der Waals surface area contributed by atoms with Gasteiger partial charge in [-0.25, -0.2) is 4.98 Å². The minimum Gasteiger partial charge on any atom is -0.291 e. The van der Waals surface area contributed by atoms with Gasteiger partial charge in [0.2, 0.25) is 0 Å². The number of hydrogen-bond donors (Lipinski definition) is 0. The number of halogens is 1. The van der Waals surface area contributed by atoms with E-state index in [1.165, 1.54) is 15.7 Å². The number of tetrazole rings is 1. The molecule has 0 atom stereocenters. The molecular weight excluding hydrogens is 312 g/mol. The molecule has 0 fully saturated rings. The third-order valence-electron chi connectivity index (χ3n) is 2.65. The van der Waals surface area contributed by atoms with Gasteiger partial charge in [-0.2, -0.15) is 4.80 Å². The molecule has 19 heavy (non-hydrogen) atoms. The molecule has 7 nitrogen and oxygen atoms in total. The number of hydrogen-bond acceptors (Lipinski definition) is 5. The zero-order chi connectivity index (χ0) is 13.4. The van der Waals surface area contributed by atoms with E-state index in [4.69, 9.17) is 0 Å². The number of fused-ring (bicyclic) bond motifs is 1. The molecule has 0 unspecified atom stereocenters. The van der Waals surface area contributed by atoms with Crippen LogP contribution in [0.5, 0.6) is 0 Å². The Morgan fingerprint density at radius 3 is 2.95 bits per heavy atom. The maximum Gasteiger partial charge on any atom is 0.261 e. The van der Waals surface area contributed by atoms with E-state index in [0.717, 1.165) is 4.47 Å². The Hall–Kier alpha value is -2.09. The molecule has 0 spiro atoms. The molecule has 96 valence electrons. The molecule has 2 aromatic heterocycles. The molecule has 3 rings (SSSR count). The zero-order valence-electron chi connectivity index (χ0n) is 9.99. The van der Waals surface area contributed by atoms with Crippen LogP contribution in [0.15, 0.2) is 33.8 Å². The van der Waals surface area contributed by atoms with Crippen LogP contribution in [0.1, 0.15) is 5.82 Å². The van der Waals surface area contributed by atoms with Gasteiger partial charge >= 0.3 is 0 Å². The molecule has 0 saturated carbocycles. The van der Waals surface area contributed by atoms with Gasteiger partial charge in [0.1, 0.15) is 0 Å². The summed E-state index contributed by atoms with van der Waals surface area (Å²) in [4.78, 5) is 17.9. The van der Waals surface area contributed by atoms with E-state index in [2.05, 4.69) is 36.3 Å². The van der Waals surface area contributed by atoms with Crippen molar-refractivity contribution in [3.05, 3.63) is 45.2 Å². The van der Waals surface area contributed by atoms with E-state index >= 15 is 0 Å². The summed E-state index contributed by atoms with van der Waals surface area (Å²) in [6.45, 7) is 0.256. The number of benzene rings is 1. The fourth-order valence-electron chi connectivity index (χ4n) is 1.78. The van der Waals surface area contributed by atoms with Gasteiger partial charge in [-0.1, -0.05) is 15.9 Å². The minimum atomic E-state index is -0.120. The second-order valence-corrected chi connectivity index (χ2v) is 4.95. The van der Waals surface area contributed by atoms with E-state index in [-0.39, 0.29) is 12.1 Å². The normalized spacial score (nSPS) is 11.1. The summed E-state index contributed by atoms with van der Waals surface area (Å²) in [5.74, 6) is 0.475. The van der Waals surface area contributed by atoms with E-state index in [0.29, 0.717) is 16.7 Å². The van der Waals surface area contributed by atoms with Crippen molar-refractivity contribution in [3.8, 4) is 0 Å². The fourth-order valence-corrected chi connectivity index (χ4v) is 2.13.